The van der Waals surface area contributed by atoms with E-state index in [1.54, 1.807) is 0 Å². The van der Waals surface area contributed by atoms with Crippen molar-refractivity contribution in [2.75, 3.05) is 5.32 Å². The average molecular weight is 221 g/mol. The Kier molecular flexibility index (Phi) is 2.55. The Balaban J connectivity index is 2.37. The number of carbonyl (C=O) groups is 2. The number of carboxylic acid groups (broad SMARTS) is 1. The maximum Gasteiger partial charge on any atom is 0.356 e. The number of anilines is 1. The molecule has 1 heterocycles. The minimum Gasteiger partial charge on any atom is -0.476 e. The topological polar surface area (TPSA) is 92.2 Å². The zero-order valence-corrected chi connectivity index (χ0v) is 8.73. The van der Waals surface area contributed by atoms with E-state index in [4.69, 9.17) is 5.11 Å². The Morgan fingerprint density at radius 2 is 2.12 bits per heavy atom. The molecular formula is C10H11N3O3. The molecule has 0 saturated heterocycles. The lowest BCUT2D eigenvalue weighted by atomic mass is 10.2. The number of hydrogen-bond donors (Lipinski definition) is 2. The van der Waals surface area contributed by atoms with Gasteiger partial charge in [-0.2, -0.15) is 5.10 Å². The fraction of sp³-hybridized carbons (Fsp3) is 0.400. The Hall–Kier alpha value is -1.98. The molecule has 1 aromatic rings. The number of amides is 1. The fourth-order valence-electron chi connectivity index (χ4n) is 1.45. The van der Waals surface area contributed by atoms with Gasteiger partial charge in [0.2, 0.25) is 5.91 Å². The third-order valence-corrected chi connectivity index (χ3v) is 2.32. The van der Waals surface area contributed by atoms with Crippen LogP contribution < -0.4 is 5.32 Å². The summed E-state index contributed by atoms with van der Waals surface area (Å²) in [7, 11) is 0. The van der Waals surface area contributed by atoms with Crippen molar-refractivity contribution in [3.63, 3.8) is 0 Å². The van der Waals surface area contributed by atoms with Crippen molar-refractivity contribution >= 4 is 17.6 Å². The van der Waals surface area contributed by atoms with Gasteiger partial charge in [-0.15, -0.1) is 5.10 Å². The highest BCUT2D eigenvalue weighted by Crippen LogP contribution is 2.42. The SMILES string of the molecule is CC(=O)Nc1cc(C(=O)O)nnc1C1CC1. The van der Waals surface area contributed by atoms with Gasteiger partial charge in [-0.05, 0) is 18.9 Å². The molecule has 84 valence electrons. The zero-order valence-electron chi connectivity index (χ0n) is 8.73. The molecule has 0 aliphatic heterocycles. The van der Waals surface area contributed by atoms with Gasteiger partial charge in [-0.3, -0.25) is 4.79 Å². The van der Waals surface area contributed by atoms with Crippen LogP contribution in [0.15, 0.2) is 6.07 Å². The van der Waals surface area contributed by atoms with Gasteiger partial charge in [-0.25, -0.2) is 4.79 Å². The number of carbonyl (C=O) groups excluding carboxylic acids is 1. The van der Waals surface area contributed by atoms with E-state index in [0.717, 1.165) is 12.8 Å². The molecule has 1 aliphatic carbocycles. The van der Waals surface area contributed by atoms with Crippen LogP contribution in [0.2, 0.25) is 0 Å². The number of aromatic nitrogens is 2. The fourth-order valence-corrected chi connectivity index (χ4v) is 1.45. The molecule has 1 amide bonds. The number of hydrogen-bond acceptors (Lipinski definition) is 4. The van der Waals surface area contributed by atoms with Crippen molar-refractivity contribution in [2.24, 2.45) is 0 Å². The molecule has 0 atom stereocenters. The summed E-state index contributed by atoms with van der Waals surface area (Å²) in [4.78, 5) is 21.7. The van der Waals surface area contributed by atoms with Crippen LogP contribution in [0.1, 0.15) is 41.9 Å². The first-order chi connectivity index (χ1) is 7.58. The lowest BCUT2D eigenvalue weighted by Crippen LogP contribution is -2.12. The summed E-state index contributed by atoms with van der Waals surface area (Å²) in [6.45, 7) is 1.37. The van der Waals surface area contributed by atoms with Gasteiger partial charge in [0, 0.05) is 12.8 Å². The van der Waals surface area contributed by atoms with Crippen molar-refractivity contribution < 1.29 is 14.7 Å². The summed E-state index contributed by atoms with van der Waals surface area (Å²) in [5.74, 6) is -1.09. The van der Waals surface area contributed by atoms with E-state index in [0.29, 0.717) is 17.3 Å². The van der Waals surface area contributed by atoms with Crippen LogP contribution >= 0.6 is 0 Å². The second-order valence-corrected chi connectivity index (χ2v) is 3.79. The quantitative estimate of drug-likeness (QED) is 0.794. The first-order valence-electron chi connectivity index (χ1n) is 4.96. The molecule has 6 nitrogen and oxygen atoms in total. The van der Waals surface area contributed by atoms with Crippen LogP contribution in [0.3, 0.4) is 0 Å². The van der Waals surface area contributed by atoms with Crippen molar-refractivity contribution in [2.45, 2.75) is 25.7 Å². The minimum atomic E-state index is -1.15. The number of nitrogens with zero attached hydrogens (tertiary/aromatic N) is 2. The van der Waals surface area contributed by atoms with Crippen molar-refractivity contribution in [1.82, 2.24) is 10.2 Å². The molecule has 2 N–H and O–H groups in total. The molecule has 6 heteroatoms. The molecule has 0 aromatic carbocycles. The first-order valence-corrected chi connectivity index (χ1v) is 4.96. The molecule has 1 aromatic heterocycles. The molecule has 16 heavy (non-hydrogen) atoms. The third kappa shape index (κ3) is 2.16. The van der Waals surface area contributed by atoms with Gasteiger partial charge in [0.1, 0.15) is 0 Å². The van der Waals surface area contributed by atoms with Crippen LogP contribution in [0.5, 0.6) is 0 Å². The van der Waals surface area contributed by atoms with Gasteiger partial charge in [0.15, 0.2) is 5.69 Å². The van der Waals surface area contributed by atoms with Gasteiger partial charge in [-0.1, -0.05) is 0 Å². The zero-order chi connectivity index (χ0) is 11.7. The third-order valence-electron chi connectivity index (χ3n) is 2.32. The molecule has 1 fully saturated rings. The molecule has 0 spiro atoms. The number of nitrogens with one attached hydrogen (secondary N) is 1. The summed E-state index contributed by atoms with van der Waals surface area (Å²) in [5.41, 5.74) is 0.982. The number of rotatable bonds is 3. The highest BCUT2D eigenvalue weighted by atomic mass is 16.4. The minimum absolute atomic E-state index is 0.159. The van der Waals surface area contributed by atoms with E-state index in [1.807, 2.05) is 0 Å². The van der Waals surface area contributed by atoms with E-state index in [-0.39, 0.29) is 11.6 Å². The number of carboxylic acids is 1. The molecule has 1 aliphatic rings. The maximum absolute atomic E-state index is 11.0. The highest BCUT2D eigenvalue weighted by Gasteiger charge is 2.29. The molecule has 2 rings (SSSR count). The molecule has 1 saturated carbocycles. The smallest absolute Gasteiger partial charge is 0.356 e. The van der Waals surface area contributed by atoms with Crippen LogP contribution in [0, 0.1) is 0 Å². The summed E-state index contributed by atoms with van der Waals surface area (Å²) in [6, 6.07) is 1.35. The molecule has 0 unspecified atom stereocenters. The maximum atomic E-state index is 11.0. The lowest BCUT2D eigenvalue weighted by molar-refractivity contribution is -0.114. The average Bonchev–Trinajstić information content (AvgIpc) is 3.00. The molecular weight excluding hydrogens is 210 g/mol. The van der Waals surface area contributed by atoms with Crippen LogP contribution in [-0.4, -0.2) is 27.2 Å². The predicted octanol–water partition coefficient (Wildman–Crippen LogP) is 1.01. The molecule has 0 bridgehead atoms. The van der Waals surface area contributed by atoms with Crippen LogP contribution in [0.25, 0.3) is 0 Å². The van der Waals surface area contributed by atoms with E-state index in [1.165, 1.54) is 13.0 Å². The monoisotopic (exact) mass is 221 g/mol. The van der Waals surface area contributed by atoms with Gasteiger partial charge in [0.05, 0.1) is 11.4 Å². The summed E-state index contributed by atoms with van der Waals surface area (Å²) in [5, 5.41) is 18.8. The first kappa shape index (κ1) is 10.5. The van der Waals surface area contributed by atoms with E-state index in [2.05, 4.69) is 15.5 Å². The Morgan fingerprint density at radius 1 is 1.44 bits per heavy atom. The normalized spacial score (nSPS) is 14.6. The van der Waals surface area contributed by atoms with Crippen molar-refractivity contribution in [3.8, 4) is 0 Å². The summed E-state index contributed by atoms with van der Waals surface area (Å²) < 4.78 is 0. The van der Waals surface area contributed by atoms with E-state index in [9.17, 15) is 9.59 Å². The summed E-state index contributed by atoms with van der Waals surface area (Å²) in [6.07, 6.45) is 2.02. The predicted molar refractivity (Wildman–Crippen MR) is 55.3 cm³/mol. The second kappa shape index (κ2) is 3.88. The van der Waals surface area contributed by atoms with E-state index < -0.39 is 5.97 Å². The Morgan fingerprint density at radius 3 is 2.62 bits per heavy atom. The van der Waals surface area contributed by atoms with Gasteiger partial charge < -0.3 is 10.4 Å². The van der Waals surface area contributed by atoms with E-state index >= 15 is 0 Å². The Labute approximate surface area is 91.7 Å². The standard InChI is InChI=1S/C10H11N3O3/c1-5(14)11-7-4-8(10(15)16)12-13-9(7)6-2-3-6/h4,6H,2-3H2,1H3,(H,15,16)(H,11,12,14). The second-order valence-electron chi connectivity index (χ2n) is 3.79. The largest absolute Gasteiger partial charge is 0.476 e. The molecule has 0 radical (unpaired) electrons. The van der Waals surface area contributed by atoms with Gasteiger partial charge in [0.25, 0.3) is 0 Å². The summed E-state index contributed by atoms with van der Waals surface area (Å²) >= 11 is 0. The highest BCUT2D eigenvalue weighted by molar-refractivity contribution is 5.92. The van der Waals surface area contributed by atoms with Gasteiger partial charge >= 0.3 is 5.97 Å². The number of aromatic carboxylic acids is 1. The van der Waals surface area contributed by atoms with Crippen LogP contribution in [0.4, 0.5) is 5.69 Å². The Bertz CT molecular complexity index is 455. The van der Waals surface area contributed by atoms with Crippen molar-refractivity contribution in [1.29, 1.82) is 0 Å². The van der Waals surface area contributed by atoms with Crippen molar-refractivity contribution in [3.05, 3.63) is 17.5 Å². The van der Waals surface area contributed by atoms with Crippen LogP contribution in [-0.2, 0) is 4.79 Å². The lowest BCUT2D eigenvalue weighted by Gasteiger charge is -2.07.